The summed E-state index contributed by atoms with van der Waals surface area (Å²) >= 11 is 5.88. The van der Waals surface area contributed by atoms with Crippen molar-refractivity contribution >= 4 is 17.5 Å². The van der Waals surface area contributed by atoms with E-state index >= 15 is 0 Å². The zero-order valence-corrected chi connectivity index (χ0v) is 17.9. The van der Waals surface area contributed by atoms with Crippen LogP contribution in [0, 0.1) is 6.92 Å². The molecule has 3 heterocycles. The molecule has 0 N–H and O–H groups in total. The molecule has 0 aliphatic carbocycles. The summed E-state index contributed by atoms with van der Waals surface area (Å²) in [5.41, 5.74) is 2.29. The van der Waals surface area contributed by atoms with Gasteiger partial charge < -0.3 is 14.1 Å². The van der Waals surface area contributed by atoms with Gasteiger partial charge in [-0.25, -0.2) is 0 Å². The number of aryl methyl sites for hydroxylation is 2. The monoisotopic (exact) mass is 428 g/mol. The molecule has 1 aromatic carbocycles. The second kappa shape index (κ2) is 8.93. The lowest BCUT2D eigenvalue weighted by molar-refractivity contribution is 0.0594. The van der Waals surface area contributed by atoms with Crippen LogP contribution in [-0.4, -0.2) is 51.7 Å². The molecular weight excluding hydrogens is 404 g/mol. The highest BCUT2D eigenvalue weighted by atomic mass is 35.5. The molecule has 2 aromatic heterocycles. The highest BCUT2D eigenvalue weighted by Crippen LogP contribution is 2.19. The fourth-order valence-electron chi connectivity index (χ4n) is 3.57. The Labute approximate surface area is 180 Å². The Balaban J connectivity index is 1.28. The first-order valence-electron chi connectivity index (χ1n) is 9.96. The van der Waals surface area contributed by atoms with Crippen molar-refractivity contribution in [2.45, 2.75) is 20.1 Å². The SMILES string of the molecule is Cc1nn(C)cc1CN1CCN(C(=O)c2ccc(COc3ccc(Cl)cc3)o2)CC1. The minimum atomic E-state index is -0.0787. The van der Waals surface area contributed by atoms with Gasteiger partial charge in [0.05, 0.1) is 5.69 Å². The number of amides is 1. The zero-order chi connectivity index (χ0) is 21.1. The Morgan fingerprint density at radius 2 is 1.87 bits per heavy atom. The van der Waals surface area contributed by atoms with Gasteiger partial charge in [-0.05, 0) is 43.3 Å². The van der Waals surface area contributed by atoms with Crippen LogP contribution in [0.3, 0.4) is 0 Å². The van der Waals surface area contributed by atoms with Gasteiger partial charge in [-0.15, -0.1) is 0 Å². The van der Waals surface area contributed by atoms with E-state index in [1.54, 1.807) is 36.4 Å². The number of hydrogen-bond donors (Lipinski definition) is 0. The number of piperazine rings is 1. The van der Waals surface area contributed by atoms with Crippen molar-refractivity contribution in [3.63, 3.8) is 0 Å². The Morgan fingerprint density at radius 3 is 2.53 bits per heavy atom. The smallest absolute Gasteiger partial charge is 0.289 e. The van der Waals surface area contributed by atoms with Crippen LogP contribution in [-0.2, 0) is 20.2 Å². The van der Waals surface area contributed by atoms with Gasteiger partial charge in [-0.3, -0.25) is 14.4 Å². The Kier molecular flexibility index (Phi) is 6.11. The van der Waals surface area contributed by atoms with Crippen LogP contribution in [0.4, 0.5) is 0 Å². The lowest BCUT2D eigenvalue weighted by Crippen LogP contribution is -2.48. The van der Waals surface area contributed by atoms with E-state index in [1.807, 2.05) is 23.6 Å². The molecule has 0 radical (unpaired) electrons. The molecule has 0 spiro atoms. The van der Waals surface area contributed by atoms with Crippen molar-refractivity contribution in [1.82, 2.24) is 19.6 Å². The summed E-state index contributed by atoms with van der Waals surface area (Å²) < 4.78 is 13.2. The van der Waals surface area contributed by atoms with Crippen LogP contribution < -0.4 is 4.74 Å². The second-order valence-corrected chi connectivity index (χ2v) is 7.93. The first-order chi connectivity index (χ1) is 14.5. The lowest BCUT2D eigenvalue weighted by Gasteiger charge is -2.34. The Hall–Kier alpha value is -2.77. The van der Waals surface area contributed by atoms with E-state index in [-0.39, 0.29) is 12.5 Å². The van der Waals surface area contributed by atoms with Crippen molar-refractivity contribution < 1.29 is 13.9 Å². The quantitative estimate of drug-likeness (QED) is 0.601. The molecule has 1 amide bonds. The fraction of sp³-hybridized carbons (Fsp3) is 0.364. The maximum absolute atomic E-state index is 12.8. The highest BCUT2D eigenvalue weighted by molar-refractivity contribution is 6.30. The summed E-state index contributed by atoms with van der Waals surface area (Å²) in [5, 5.41) is 5.05. The molecule has 158 valence electrons. The molecule has 1 aliphatic heterocycles. The first-order valence-corrected chi connectivity index (χ1v) is 10.3. The average Bonchev–Trinajstić information content (AvgIpc) is 3.34. The van der Waals surface area contributed by atoms with Crippen LogP contribution in [0.1, 0.15) is 27.6 Å². The summed E-state index contributed by atoms with van der Waals surface area (Å²) in [6, 6.07) is 10.6. The third-order valence-corrected chi connectivity index (χ3v) is 5.49. The number of nitrogens with zero attached hydrogens (tertiary/aromatic N) is 4. The normalized spacial score (nSPS) is 14.8. The predicted octanol–water partition coefficient (Wildman–Crippen LogP) is 3.51. The summed E-state index contributed by atoms with van der Waals surface area (Å²) in [4.78, 5) is 17.0. The van der Waals surface area contributed by atoms with E-state index in [2.05, 4.69) is 16.2 Å². The predicted molar refractivity (Wildman–Crippen MR) is 114 cm³/mol. The molecule has 1 fully saturated rings. The number of halogens is 1. The van der Waals surface area contributed by atoms with Gasteiger partial charge in [-0.2, -0.15) is 5.10 Å². The molecule has 7 nitrogen and oxygen atoms in total. The van der Waals surface area contributed by atoms with Crippen molar-refractivity contribution in [2.24, 2.45) is 7.05 Å². The number of ether oxygens (including phenoxy) is 1. The largest absolute Gasteiger partial charge is 0.486 e. The van der Waals surface area contributed by atoms with Gasteiger partial charge >= 0.3 is 0 Å². The third-order valence-electron chi connectivity index (χ3n) is 5.24. The van der Waals surface area contributed by atoms with Crippen LogP contribution in [0.2, 0.25) is 5.02 Å². The fourth-order valence-corrected chi connectivity index (χ4v) is 3.69. The number of carbonyl (C=O) groups excluding carboxylic acids is 1. The lowest BCUT2D eigenvalue weighted by atomic mass is 10.2. The van der Waals surface area contributed by atoms with Crippen LogP contribution in [0.15, 0.2) is 47.0 Å². The number of benzene rings is 1. The maximum atomic E-state index is 12.8. The van der Waals surface area contributed by atoms with Crippen molar-refractivity contribution in [3.05, 3.63) is 70.4 Å². The summed E-state index contributed by atoms with van der Waals surface area (Å²) in [6.45, 7) is 6.15. The van der Waals surface area contributed by atoms with Gasteiger partial charge in [0.15, 0.2) is 5.76 Å². The molecule has 0 unspecified atom stereocenters. The van der Waals surface area contributed by atoms with E-state index in [0.29, 0.717) is 35.4 Å². The molecule has 8 heteroatoms. The molecule has 30 heavy (non-hydrogen) atoms. The summed E-state index contributed by atoms with van der Waals surface area (Å²) in [7, 11) is 1.94. The number of carbonyl (C=O) groups is 1. The number of furan rings is 1. The molecule has 4 rings (SSSR count). The van der Waals surface area contributed by atoms with Gasteiger partial charge in [0, 0.05) is 56.6 Å². The van der Waals surface area contributed by atoms with E-state index in [1.165, 1.54) is 5.56 Å². The Bertz CT molecular complexity index is 1000. The first kappa shape index (κ1) is 20.5. The Morgan fingerprint density at radius 1 is 1.13 bits per heavy atom. The standard InChI is InChI=1S/C22H25ClN4O3/c1-16-17(13-25(2)24-16)14-26-9-11-27(12-10-26)22(28)21-8-7-20(30-21)15-29-19-5-3-18(23)4-6-19/h3-8,13H,9-12,14-15H2,1-2H3. The van der Waals surface area contributed by atoms with E-state index in [0.717, 1.165) is 25.3 Å². The second-order valence-electron chi connectivity index (χ2n) is 7.49. The molecule has 0 atom stereocenters. The maximum Gasteiger partial charge on any atom is 0.289 e. The van der Waals surface area contributed by atoms with Gasteiger partial charge in [0.2, 0.25) is 0 Å². The number of hydrogen-bond acceptors (Lipinski definition) is 5. The third kappa shape index (κ3) is 4.86. The van der Waals surface area contributed by atoms with Gasteiger partial charge in [-0.1, -0.05) is 11.6 Å². The van der Waals surface area contributed by atoms with Gasteiger partial charge in [0.1, 0.15) is 18.1 Å². The molecule has 0 saturated carbocycles. The van der Waals surface area contributed by atoms with Gasteiger partial charge in [0.25, 0.3) is 5.91 Å². The number of aromatic nitrogens is 2. The van der Waals surface area contributed by atoms with E-state index in [9.17, 15) is 4.79 Å². The van der Waals surface area contributed by atoms with Crippen LogP contribution in [0.5, 0.6) is 5.75 Å². The average molecular weight is 429 g/mol. The molecule has 3 aromatic rings. The van der Waals surface area contributed by atoms with Crippen molar-refractivity contribution in [2.75, 3.05) is 26.2 Å². The number of rotatable bonds is 6. The molecule has 1 saturated heterocycles. The zero-order valence-electron chi connectivity index (χ0n) is 17.2. The van der Waals surface area contributed by atoms with Crippen LogP contribution in [0.25, 0.3) is 0 Å². The van der Waals surface area contributed by atoms with E-state index < -0.39 is 0 Å². The van der Waals surface area contributed by atoms with E-state index in [4.69, 9.17) is 20.8 Å². The topological polar surface area (TPSA) is 63.7 Å². The highest BCUT2D eigenvalue weighted by Gasteiger charge is 2.25. The minimum absolute atomic E-state index is 0.0787. The summed E-state index contributed by atoms with van der Waals surface area (Å²) in [5.74, 6) is 1.58. The van der Waals surface area contributed by atoms with Crippen molar-refractivity contribution in [3.8, 4) is 5.75 Å². The molecule has 0 bridgehead atoms. The van der Waals surface area contributed by atoms with Crippen LogP contribution >= 0.6 is 11.6 Å². The molecular formula is C22H25ClN4O3. The minimum Gasteiger partial charge on any atom is -0.486 e. The molecule has 1 aliphatic rings. The van der Waals surface area contributed by atoms with Crippen molar-refractivity contribution in [1.29, 1.82) is 0 Å². The summed E-state index contributed by atoms with van der Waals surface area (Å²) in [6.07, 6.45) is 2.06.